The highest BCUT2D eigenvalue weighted by molar-refractivity contribution is 5.87. The third-order valence-corrected chi connectivity index (χ3v) is 3.31. The molecule has 0 radical (unpaired) electrons. The number of carbonyl (C=O) groups is 2. The van der Waals surface area contributed by atoms with Crippen LogP contribution in [0.25, 0.3) is 0 Å². The number of hydrogen-bond acceptors (Lipinski definition) is 2. The lowest BCUT2D eigenvalue weighted by Gasteiger charge is -2.28. The van der Waals surface area contributed by atoms with Crippen LogP contribution in [-0.2, 0) is 16.1 Å². The van der Waals surface area contributed by atoms with Gasteiger partial charge in [-0.2, -0.15) is 0 Å². The van der Waals surface area contributed by atoms with Crippen molar-refractivity contribution in [3.05, 3.63) is 35.4 Å². The van der Waals surface area contributed by atoms with Gasteiger partial charge in [-0.25, -0.2) is 0 Å². The van der Waals surface area contributed by atoms with Crippen molar-refractivity contribution in [3.8, 4) is 0 Å². The molecule has 1 N–H and O–H groups in total. The number of nitrogens with zero attached hydrogens (tertiary/aromatic N) is 1. The van der Waals surface area contributed by atoms with Crippen molar-refractivity contribution in [2.45, 2.75) is 46.2 Å². The summed E-state index contributed by atoms with van der Waals surface area (Å²) >= 11 is 0. The lowest BCUT2D eigenvalue weighted by atomic mass is 10.1. The first kappa shape index (κ1) is 16.2. The highest BCUT2D eigenvalue weighted by Gasteiger charge is 2.24. The van der Waals surface area contributed by atoms with Crippen molar-refractivity contribution in [2.24, 2.45) is 0 Å². The maximum absolute atomic E-state index is 12.2. The zero-order valence-electron chi connectivity index (χ0n) is 12.8. The number of benzene rings is 1. The van der Waals surface area contributed by atoms with Crippen LogP contribution in [0.4, 0.5) is 0 Å². The molecule has 0 aliphatic rings. The Morgan fingerprint density at radius 3 is 2.60 bits per heavy atom. The zero-order valence-corrected chi connectivity index (χ0v) is 12.8. The Morgan fingerprint density at radius 2 is 2.05 bits per heavy atom. The van der Waals surface area contributed by atoms with Crippen LogP contribution in [0, 0.1) is 6.92 Å². The summed E-state index contributed by atoms with van der Waals surface area (Å²) in [6, 6.07) is 7.56. The van der Waals surface area contributed by atoms with Crippen LogP contribution in [0.15, 0.2) is 24.3 Å². The van der Waals surface area contributed by atoms with Gasteiger partial charge in [0.1, 0.15) is 6.04 Å². The summed E-state index contributed by atoms with van der Waals surface area (Å²) in [5.74, 6) is -0.118. The van der Waals surface area contributed by atoms with E-state index in [1.54, 1.807) is 18.9 Å². The molecule has 1 aromatic rings. The molecular weight excluding hydrogens is 252 g/mol. The Bertz CT molecular complexity index is 471. The van der Waals surface area contributed by atoms with Gasteiger partial charge in [0, 0.05) is 20.0 Å². The van der Waals surface area contributed by atoms with Crippen LogP contribution in [-0.4, -0.2) is 29.8 Å². The SMILES string of the molecule is CCCC(=O)N(Cc1cccc(C)c1)[C@@H](C)C(=O)NC. The largest absolute Gasteiger partial charge is 0.357 e. The van der Waals surface area contributed by atoms with Crippen molar-refractivity contribution in [1.29, 1.82) is 0 Å². The van der Waals surface area contributed by atoms with Crippen molar-refractivity contribution in [1.82, 2.24) is 10.2 Å². The fourth-order valence-electron chi connectivity index (χ4n) is 2.16. The van der Waals surface area contributed by atoms with Crippen molar-refractivity contribution in [3.63, 3.8) is 0 Å². The van der Waals surface area contributed by atoms with E-state index in [9.17, 15) is 9.59 Å². The first-order valence-electron chi connectivity index (χ1n) is 7.06. The number of carbonyl (C=O) groups excluding carboxylic acids is 2. The normalized spacial score (nSPS) is 11.8. The summed E-state index contributed by atoms with van der Waals surface area (Å²) < 4.78 is 0. The van der Waals surface area contributed by atoms with E-state index in [-0.39, 0.29) is 11.8 Å². The van der Waals surface area contributed by atoms with E-state index in [2.05, 4.69) is 5.32 Å². The second-order valence-corrected chi connectivity index (χ2v) is 5.05. The van der Waals surface area contributed by atoms with Gasteiger partial charge in [-0.3, -0.25) is 9.59 Å². The number of amides is 2. The smallest absolute Gasteiger partial charge is 0.242 e. The molecule has 2 amide bonds. The van der Waals surface area contributed by atoms with Crippen LogP contribution < -0.4 is 5.32 Å². The summed E-state index contributed by atoms with van der Waals surface area (Å²) in [6.45, 7) is 6.22. The fraction of sp³-hybridized carbons (Fsp3) is 0.500. The molecule has 0 bridgehead atoms. The average molecular weight is 276 g/mol. The van der Waals surface area contributed by atoms with Crippen molar-refractivity contribution in [2.75, 3.05) is 7.05 Å². The first-order valence-corrected chi connectivity index (χ1v) is 7.06. The molecule has 0 aliphatic carbocycles. The van der Waals surface area contributed by atoms with Crippen LogP contribution in [0.5, 0.6) is 0 Å². The molecule has 0 aromatic heterocycles. The average Bonchev–Trinajstić information content (AvgIpc) is 2.43. The monoisotopic (exact) mass is 276 g/mol. The van der Waals surface area contributed by atoms with Gasteiger partial charge in [0.2, 0.25) is 11.8 Å². The van der Waals surface area contributed by atoms with Gasteiger partial charge < -0.3 is 10.2 Å². The molecule has 110 valence electrons. The fourth-order valence-corrected chi connectivity index (χ4v) is 2.16. The summed E-state index contributed by atoms with van der Waals surface area (Å²) in [4.78, 5) is 25.7. The topological polar surface area (TPSA) is 49.4 Å². The maximum Gasteiger partial charge on any atom is 0.242 e. The number of likely N-dealkylation sites (N-methyl/N-ethyl adjacent to an activating group) is 1. The van der Waals surface area contributed by atoms with Crippen LogP contribution >= 0.6 is 0 Å². The predicted octanol–water partition coefficient (Wildman–Crippen LogP) is 2.26. The molecule has 0 aliphatic heterocycles. The highest BCUT2D eigenvalue weighted by Crippen LogP contribution is 2.13. The molecule has 1 aromatic carbocycles. The Morgan fingerprint density at radius 1 is 1.35 bits per heavy atom. The van der Waals surface area contributed by atoms with Gasteiger partial charge in [0.25, 0.3) is 0 Å². The minimum absolute atomic E-state index is 0.0186. The Kier molecular flexibility index (Phi) is 6.22. The minimum atomic E-state index is -0.459. The molecule has 0 heterocycles. The van der Waals surface area contributed by atoms with Gasteiger partial charge in [-0.15, -0.1) is 0 Å². The second kappa shape index (κ2) is 7.68. The van der Waals surface area contributed by atoms with Gasteiger partial charge >= 0.3 is 0 Å². The first-order chi connectivity index (χ1) is 9.49. The molecule has 1 rings (SSSR count). The predicted molar refractivity (Wildman–Crippen MR) is 80.2 cm³/mol. The summed E-state index contributed by atoms with van der Waals surface area (Å²) in [5, 5.41) is 2.61. The van der Waals surface area contributed by atoms with E-state index in [0.717, 1.165) is 17.5 Å². The number of aryl methyl sites for hydroxylation is 1. The number of rotatable bonds is 6. The quantitative estimate of drug-likeness (QED) is 0.866. The van der Waals surface area contributed by atoms with E-state index in [0.29, 0.717) is 13.0 Å². The molecule has 0 saturated heterocycles. The lowest BCUT2D eigenvalue weighted by molar-refractivity contribution is -0.140. The molecule has 1 atom stereocenters. The van der Waals surface area contributed by atoms with E-state index >= 15 is 0 Å². The molecule has 0 unspecified atom stereocenters. The van der Waals surface area contributed by atoms with Crippen molar-refractivity contribution < 1.29 is 9.59 Å². The van der Waals surface area contributed by atoms with Gasteiger partial charge in [-0.1, -0.05) is 36.8 Å². The zero-order chi connectivity index (χ0) is 15.1. The van der Waals surface area contributed by atoms with E-state index < -0.39 is 6.04 Å². The van der Waals surface area contributed by atoms with E-state index in [1.807, 2.05) is 38.1 Å². The lowest BCUT2D eigenvalue weighted by Crippen LogP contribution is -2.46. The van der Waals surface area contributed by atoms with Gasteiger partial charge in [0.05, 0.1) is 0 Å². The molecular formula is C16H24N2O2. The van der Waals surface area contributed by atoms with Crippen LogP contribution in [0.3, 0.4) is 0 Å². The second-order valence-electron chi connectivity index (χ2n) is 5.05. The standard InChI is InChI=1S/C16H24N2O2/c1-5-7-15(19)18(13(3)16(20)17-4)11-14-9-6-8-12(2)10-14/h6,8-10,13H,5,7,11H2,1-4H3,(H,17,20)/t13-/m0/s1. The molecule has 20 heavy (non-hydrogen) atoms. The van der Waals surface area contributed by atoms with Gasteiger partial charge in [-0.05, 0) is 25.8 Å². The molecule has 4 nitrogen and oxygen atoms in total. The Balaban J connectivity index is 2.92. The third kappa shape index (κ3) is 4.37. The number of nitrogens with one attached hydrogen (secondary N) is 1. The Labute approximate surface area is 121 Å². The third-order valence-electron chi connectivity index (χ3n) is 3.31. The van der Waals surface area contributed by atoms with Crippen molar-refractivity contribution >= 4 is 11.8 Å². The van der Waals surface area contributed by atoms with E-state index in [4.69, 9.17) is 0 Å². The molecule has 4 heteroatoms. The maximum atomic E-state index is 12.2. The molecule has 0 spiro atoms. The minimum Gasteiger partial charge on any atom is -0.357 e. The van der Waals surface area contributed by atoms with Gasteiger partial charge in [0.15, 0.2) is 0 Å². The Hall–Kier alpha value is -1.84. The van der Waals surface area contributed by atoms with Crippen LogP contribution in [0.2, 0.25) is 0 Å². The number of hydrogen-bond donors (Lipinski definition) is 1. The van der Waals surface area contributed by atoms with Crippen LogP contribution in [0.1, 0.15) is 37.8 Å². The summed E-state index contributed by atoms with van der Waals surface area (Å²) in [7, 11) is 1.59. The van der Waals surface area contributed by atoms with E-state index in [1.165, 1.54) is 0 Å². The molecule has 0 saturated carbocycles. The summed E-state index contributed by atoms with van der Waals surface area (Å²) in [6.07, 6.45) is 1.25. The molecule has 0 fully saturated rings. The highest BCUT2D eigenvalue weighted by atomic mass is 16.2. The summed E-state index contributed by atoms with van der Waals surface area (Å²) in [5.41, 5.74) is 2.20.